The highest BCUT2D eigenvalue weighted by atomic mass is 16.5. The normalized spacial score (nSPS) is 31.5. The lowest BCUT2D eigenvalue weighted by atomic mass is 9.84. The van der Waals surface area contributed by atoms with Gasteiger partial charge in [0.1, 0.15) is 5.75 Å². The maximum absolute atomic E-state index is 10.4. The van der Waals surface area contributed by atoms with E-state index in [2.05, 4.69) is 0 Å². The SMILES string of the molecule is C[C@H]1C[C@@](O)(c2cccc(O)c2)CCO1. The summed E-state index contributed by atoms with van der Waals surface area (Å²) in [4.78, 5) is 0. The molecule has 0 unspecified atom stereocenters. The summed E-state index contributed by atoms with van der Waals surface area (Å²) in [6.07, 6.45) is 1.23. The molecule has 3 heteroatoms. The molecule has 0 bridgehead atoms. The molecular formula is C12H16O3. The van der Waals surface area contributed by atoms with E-state index < -0.39 is 5.60 Å². The van der Waals surface area contributed by atoms with Crippen LogP contribution in [0.1, 0.15) is 25.3 Å². The Morgan fingerprint density at radius 3 is 2.93 bits per heavy atom. The quantitative estimate of drug-likeness (QED) is 0.739. The molecule has 3 nitrogen and oxygen atoms in total. The predicted octanol–water partition coefficient (Wildman–Crippen LogP) is 1.78. The summed E-state index contributed by atoms with van der Waals surface area (Å²) in [5.74, 6) is 0.195. The van der Waals surface area contributed by atoms with Crippen LogP contribution in [-0.4, -0.2) is 22.9 Å². The van der Waals surface area contributed by atoms with Gasteiger partial charge in [-0.3, -0.25) is 0 Å². The number of aliphatic hydroxyl groups is 1. The van der Waals surface area contributed by atoms with Gasteiger partial charge in [-0.1, -0.05) is 12.1 Å². The Labute approximate surface area is 89.3 Å². The minimum absolute atomic E-state index is 0.0612. The number of benzene rings is 1. The summed E-state index contributed by atoms with van der Waals surface area (Å²) in [5, 5.41) is 19.8. The first-order valence-corrected chi connectivity index (χ1v) is 5.24. The smallest absolute Gasteiger partial charge is 0.115 e. The first-order valence-electron chi connectivity index (χ1n) is 5.24. The topological polar surface area (TPSA) is 49.7 Å². The van der Waals surface area contributed by atoms with E-state index in [4.69, 9.17) is 4.74 Å². The molecule has 0 aliphatic carbocycles. The van der Waals surface area contributed by atoms with Crippen molar-refractivity contribution in [3.8, 4) is 5.75 Å². The maximum Gasteiger partial charge on any atom is 0.115 e. The van der Waals surface area contributed by atoms with Crippen molar-refractivity contribution >= 4 is 0 Å². The fourth-order valence-electron chi connectivity index (χ4n) is 2.12. The summed E-state index contributed by atoms with van der Waals surface area (Å²) in [5.41, 5.74) is -0.0752. The van der Waals surface area contributed by atoms with E-state index in [0.717, 1.165) is 5.56 Å². The number of hydrogen-bond donors (Lipinski definition) is 2. The van der Waals surface area contributed by atoms with Crippen molar-refractivity contribution in [1.82, 2.24) is 0 Å². The zero-order valence-corrected chi connectivity index (χ0v) is 8.81. The van der Waals surface area contributed by atoms with Crippen molar-refractivity contribution in [2.24, 2.45) is 0 Å². The first-order chi connectivity index (χ1) is 7.10. The molecule has 2 rings (SSSR count). The summed E-state index contributed by atoms with van der Waals surface area (Å²) in [6.45, 7) is 2.51. The van der Waals surface area contributed by atoms with Gasteiger partial charge in [0.2, 0.25) is 0 Å². The molecule has 1 aromatic rings. The summed E-state index contributed by atoms with van der Waals surface area (Å²) in [6, 6.07) is 6.83. The second-order valence-corrected chi connectivity index (χ2v) is 4.22. The molecule has 1 aliphatic rings. The number of hydrogen-bond acceptors (Lipinski definition) is 3. The lowest BCUT2D eigenvalue weighted by molar-refractivity contribution is -0.101. The standard InChI is InChI=1S/C12H16O3/c1-9-8-12(14,5-6-15-9)10-3-2-4-11(13)7-10/h2-4,7,9,13-14H,5-6,8H2,1H3/t9-,12+/m0/s1. The Bertz CT molecular complexity index is 350. The predicted molar refractivity (Wildman–Crippen MR) is 56.7 cm³/mol. The Hall–Kier alpha value is -1.06. The molecule has 82 valence electrons. The van der Waals surface area contributed by atoms with E-state index >= 15 is 0 Å². The van der Waals surface area contributed by atoms with Crippen LogP contribution < -0.4 is 0 Å². The second kappa shape index (κ2) is 3.83. The van der Waals surface area contributed by atoms with Crippen LogP contribution in [0.2, 0.25) is 0 Å². The van der Waals surface area contributed by atoms with Gasteiger partial charge in [0.15, 0.2) is 0 Å². The largest absolute Gasteiger partial charge is 0.508 e. The van der Waals surface area contributed by atoms with E-state index in [1.54, 1.807) is 18.2 Å². The van der Waals surface area contributed by atoms with Crippen LogP contribution in [0.25, 0.3) is 0 Å². The summed E-state index contributed by atoms with van der Waals surface area (Å²) < 4.78 is 5.40. The van der Waals surface area contributed by atoms with E-state index in [1.807, 2.05) is 13.0 Å². The van der Waals surface area contributed by atoms with Gasteiger partial charge in [0.25, 0.3) is 0 Å². The third-order valence-electron chi connectivity index (χ3n) is 2.93. The van der Waals surface area contributed by atoms with Crippen molar-refractivity contribution in [1.29, 1.82) is 0 Å². The first kappa shape index (κ1) is 10.5. The number of phenolic OH excluding ortho intramolecular Hbond substituents is 1. The minimum Gasteiger partial charge on any atom is -0.508 e. The molecule has 0 amide bonds. The Morgan fingerprint density at radius 2 is 2.27 bits per heavy atom. The average Bonchev–Trinajstić information content (AvgIpc) is 2.17. The number of ether oxygens (including phenoxy) is 1. The number of rotatable bonds is 1. The van der Waals surface area contributed by atoms with Crippen LogP contribution in [-0.2, 0) is 10.3 Å². The fraction of sp³-hybridized carbons (Fsp3) is 0.500. The molecule has 1 saturated heterocycles. The zero-order valence-electron chi connectivity index (χ0n) is 8.81. The van der Waals surface area contributed by atoms with Gasteiger partial charge in [0, 0.05) is 12.8 Å². The van der Waals surface area contributed by atoms with E-state index in [-0.39, 0.29) is 11.9 Å². The van der Waals surface area contributed by atoms with Crippen molar-refractivity contribution in [3.05, 3.63) is 29.8 Å². The van der Waals surface area contributed by atoms with Gasteiger partial charge in [-0.2, -0.15) is 0 Å². The van der Waals surface area contributed by atoms with E-state index in [1.165, 1.54) is 0 Å². The van der Waals surface area contributed by atoms with Gasteiger partial charge in [-0.25, -0.2) is 0 Å². The minimum atomic E-state index is -0.851. The zero-order chi connectivity index (χ0) is 10.9. The fourth-order valence-corrected chi connectivity index (χ4v) is 2.12. The molecule has 2 atom stereocenters. The van der Waals surface area contributed by atoms with Crippen LogP contribution in [0, 0.1) is 0 Å². The molecule has 1 heterocycles. The maximum atomic E-state index is 10.4. The van der Waals surface area contributed by atoms with Crippen molar-refractivity contribution < 1.29 is 14.9 Å². The molecule has 1 fully saturated rings. The van der Waals surface area contributed by atoms with Gasteiger partial charge in [-0.15, -0.1) is 0 Å². The highest BCUT2D eigenvalue weighted by Crippen LogP contribution is 2.35. The summed E-state index contributed by atoms with van der Waals surface area (Å²) in [7, 11) is 0. The van der Waals surface area contributed by atoms with Gasteiger partial charge in [-0.05, 0) is 24.6 Å². The lowest BCUT2D eigenvalue weighted by Crippen LogP contribution is -2.37. The van der Waals surface area contributed by atoms with Gasteiger partial charge in [0.05, 0.1) is 18.3 Å². The molecule has 0 radical (unpaired) electrons. The molecule has 0 saturated carbocycles. The monoisotopic (exact) mass is 208 g/mol. The highest BCUT2D eigenvalue weighted by molar-refractivity contribution is 5.31. The van der Waals surface area contributed by atoms with Crippen molar-refractivity contribution in [2.75, 3.05) is 6.61 Å². The average molecular weight is 208 g/mol. The molecule has 0 aromatic heterocycles. The van der Waals surface area contributed by atoms with Crippen LogP contribution in [0.3, 0.4) is 0 Å². The molecule has 1 aliphatic heterocycles. The van der Waals surface area contributed by atoms with Gasteiger partial charge >= 0.3 is 0 Å². The Morgan fingerprint density at radius 1 is 1.47 bits per heavy atom. The third-order valence-corrected chi connectivity index (χ3v) is 2.93. The molecule has 0 spiro atoms. The highest BCUT2D eigenvalue weighted by Gasteiger charge is 2.35. The Kier molecular flexibility index (Phi) is 2.67. The van der Waals surface area contributed by atoms with E-state index in [0.29, 0.717) is 19.4 Å². The molecule has 1 aromatic carbocycles. The lowest BCUT2D eigenvalue weighted by Gasteiger charge is -2.36. The van der Waals surface area contributed by atoms with Crippen LogP contribution in [0.4, 0.5) is 0 Å². The molecule has 15 heavy (non-hydrogen) atoms. The van der Waals surface area contributed by atoms with Crippen LogP contribution in [0.15, 0.2) is 24.3 Å². The Balaban J connectivity index is 2.28. The molecular weight excluding hydrogens is 192 g/mol. The van der Waals surface area contributed by atoms with Crippen molar-refractivity contribution in [3.63, 3.8) is 0 Å². The second-order valence-electron chi connectivity index (χ2n) is 4.22. The summed E-state index contributed by atoms with van der Waals surface area (Å²) >= 11 is 0. The van der Waals surface area contributed by atoms with Crippen LogP contribution in [0.5, 0.6) is 5.75 Å². The van der Waals surface area contributed by atoms with Crippen molar-refractivity contribution in [2.45, 2.75) is 31.5 Å². The van der Waals surface area contributed by atoms with Crippen LogP contribution >= 0.6 is 0 Å². The van der Waals surface area contributed by atoms with E-state index in [9.17, 15) is 10.2 Å². The molecule has 2 N–H and O–H groups in total. The number of aromatic hydroxyl groups is 1. The number of phenols is 1. The third kappa shape index (κ3) is 2.13. The van der Waals surface area contributed by atoms with Gasteiger partial charge < -0.3 is 14.9 Å².